The highest BCUT2D eigenvalue weighted by atomic mass is 32.2. The molecule has 1 aliphatic rings. The van der Waals surface area contributed by atoms with Gasteiger partial charge in [-0.25, -0.2) is 17.5 Å². The van der Waals surface area contributed by atoms with Crippen LogP contribution in [0.3, 0.4) is 0 Å². The van der Waals surface area contributed by atoms with Crippen LogP contribution < -0.4 is 10.0 Å². The molecule has 4 rings (SSSR count). The van der Waals surface area contributed by atoms with Crippen molar-refractivity contribution >= 4 is 38.4 Å². The first-order valence-corrected chi connectivity index (χ1v) is 11.0. The lowest BCUT2D eigenvalue weighted by Crippen LogP contribution is -2.31. The van der Waals surface area contributed by atoms with Crippen LogP contribution in [-0.2, 0) is 19.6 Å². The van der Waals surface area contributed by atoms with Crippen molar-refractivity contribution in [2.75, 3.05) is 5.32 Å². The van der Waals surface area contributed by atoms with E-state index in [-0.39, 0.29) is 22.5 Å². The van der Waals surface area contributed by atoms with Gasteiger partial charge in [-0.05, 0) is 62.2 Å². The summed E-state index contributed by atoms with van der Waals surface area (Å²) in [5, 5.41) is 3.15. The van der Waals surface area contributed by atoms with Crippen LogP contribution in [0.1, 0.15) is 25.8 Å². The fourth-order valence-corrected chi connectivity index (χ4v) is 4.24. The maximum Gasteiger partial charge on any atom is 0.264 e. The van der Waals surface area contributed by atoms with Crippen LogP contribution in [-0.4, -0.2) is 24.8 Å². The van der Waals surface area contributed by atoms with E-state index in [1.807, 2.05) is 0 Å². The second-order valence-corrected chi connectivity index (χ2v) is 9.01. The molecule has 1 heterocycles. The molecule has 30 heavy (non-hydrogen) atoms. The number of carbonyl (C=O) groups excluding carboxylic acids is 2. The van der Waals surface area contributed by atoms with Crippen molar-refractivity contribution in [3.8, 4) is 0 Å². The van der Waals surface area contributed by atoms with Crippen LogP contribution in [0.25, 0.3) is 10.9 Å². The average Bonchev–Trinajstić information content (AvgIpc) is 3.47. The normalized spacial score (nSPS) is 15.0. The second kappa shape index (κ2) is 7.56. The molecule has 3 aromatic rings. The smallest absolute Gasteiger partial charge is 0.264 e. The van der Waals surface area contributed by atoms with E-state index in [1.54, 1.807) is 35.9 Å². The van der Waals surface area contributed by atoms with E-state index in [2.05, 4.69) is 10.0 Å². The van der Waals surface area contributed by atoms with E-state index in [0.29, 0.717) is 29.4 Å². The zero-order valence-corrected chi connectivity index (χ0v) is 16.9. The lowest BCUT2D eigenvalue weighted by Gasteiger charge is -2.16. The van der Waals surface area contributed by atoms with E-state index in [0.717, 1.165) is 0 Å². The minimum Gasteiger partial charge on any atom is -0.335 e. The molecule has 1 aliphatic carbocycles. The van der Waals surface area contributed by atoms with Crippen LogP contribution in [0.4, 0.5) is 10.1 Å². The van der Waals surface area contributed by atoms with Crippen molar-refractivity contribution in [1.29, 1.82) is 0 Å². The molecule has 0 bridgehead atoms. The third-order valence-corrected chi connectivity index (χ3v) is 6.48. The fourth-order valence-electron chi connectivity index (χ4n) is 3.20. The number of nitrogens with zero attached hydrogens (tertiary/aromatic N) is 1. The molecule has 156 valence electrons. The molecule has 7 nitrogen and oxygen atoms in total. The number of rotatable bonds is 6. The number of amides is 2. The van der Waals surface area contributed by atoms with Gasteiger partial charge < -0.3 is 9.88 Å². The number of carbonyl (C=O) groups is 2. The molecule has 1 fully saturated rings. The van der Waals surface area contributed by atoms with Crippen molar-refractivity contribution in [3.63, 3.8) is 0 Å². The summed E-state index contributed by atoms with van der Waals surface area (Å²) < 4.78 is 42.2. The maximum absolute atomic E-state index is 13.9. The zero-order valence-electron chi connectivity index (χ0n) is 16.1. The number of sulfonamides is 1. The quantitative estimate of drug-likeness (QED) is 0.629. The Hall–Kier alpha value is -3.20. The van der Waals surface area contributed by atoms with Gasteiger partial charge in [0.25, 0.3) is 10.0 Å². The summed E-state index contributed by atoms with van der Waals surface area (Å²) in [5.41, 5.74) is 1.01. The summed E-state index contributed by atoms with van der Waals surface area (Å²) in [6, 6.07) is 11.2. The second-order valence-electron chi connectivity index (χ2n) is 7.33. The third kappa shape index (κ3) is 3.93. The minimum atomic E-state index is -3.94. The van der Waals surface area contributed by atoms with Gasteiger partial charge in [0.05, 0.1) is 10.4 Å². The Kier molecular flexibility index (Phi) is 5.07. The summed E-state index contributed by atoms with van der Waals surface area (Å²) in [7, 11) is -3.94. The maximum atomic E-state index is 13.9. The highest BCUT2D eigenvalue weighted by Crippen LogP contribution is 2.29. The highest BCUT2D eigenvalue weighted by Gasteiger charge is 2.32. The number of fused-ring (bicyclic) bond motifs is 1. The molecule has 0 saturated heterocycles. The summed E-state index contributed by atoms with van der Waals surface area (Å²) in [6.07, 6.45) is 3.05. The van der Waals surface area contributed by atoms with E-state index < -0.39 is 22.0 Å². The number of halogens is 1. The first-order valence-electron chi connectivity index (χ1n) is 9.49. The van der Waals surface area contributed by atoms with E-state index in [1.165, 1.54) is 30.3 Å². The van der Waals surface area contributed by atoms with Crippen LogP contribution in [0.15, 0.2) is 59.6 Å². The highest BCUT2D eigenvalue weighted by molar-refractivity contribution is 7.90. The standard InChI is InChI=1S/C21H20FN3O4S/c1-13(25-12-11-17-18(22)3-2-4-19(17)25)20(26)23-15-7-9-16(10-8-15)30(28,29)24-21(27)14-5-6-14/h2-4,7-14H,5-6H2,1H3,(H,23,26)(H,24,27)/t13-/m1/s1. The Morgan fingerprint density at radius 1 is 1.10 bits per heavy atom. The molecule has 2 N–H and O–H groups in total. The first-order chi connectivity index (χ1) is 14.3. The van der Waals surface area contributed by atoms with Crippen LogP contribution in [0.5, 0.6) is 0 Å². The van der Waals surface area contributed by atoms with Gasteiger partial charge >= 0.3 is 0 Å². The topological polar surface area (TPSA) is 97.3 Å². The van der Waals surface area contributed by atoms with Crippen molar-refractivity contribution in [2.24, 2.45) is 5.92 Å². The van der Waals surface area contributed by atoms with Crippen LogP contribution in [0.2, 0.25) is 0 Å². The lowest BCUT2D eigenvalue weighted by molar-refractivity contribution is -0.120. The van der Waals surface area contributed by atoms with Crippen LogP contribution in [0, 0.1) is 11.7 Å². The van der Waals surface area contributed by atoms with Gasteiger partial charge in [0.2, 0.25) is 11.8 Å². The van der Waals surface area contributed by atoms with Gasteiger partial charge in [0.15, 0.2) is 0 Å². The fraction of sp³-hybridized carbons (Fsp3) is 0.238. The zero-order chi connectivity index (χ0) is 21.5. The molecule has 1 atom stereocenters. The molecule has 2 aromatic carbocycles. The Morgan fingerprint density at radius 3 is 2.47 bits per heavy atom. The molecule has 0 spiro atoms. The lowest BCUT2D eigenvalue weighted by atomic mass is 10.2. The largest absolute Gasteiger partial charge is 0.335 e. The van der Waals surface area contributed by atoms with Crippen molar-refractivity contribution in [3.05, 3.63) is 60.5 Å². The first kappa shape index (κ1) is 20.1. The van der Waals surface area contributed by atoms with Gasteiger partial charge in [0.1, 0.15) is 11.9 Å². The molecular weight excluding hydrogens is 409 g/mol. The van der Waals surface area contributed by atoms with Gasteiger partial charge in [-0.15, -0.1) is 0 Å². The Morgan fingerprint density at radius 2 is 1.80 bits per heavy atom. The molecule has 0 radical (unpaired) electrons. The summed E-state index contributed by atoms with van der Waals surface area (Å²) in [6.45, 7) is 1.69. The minimum absolute atomic E-state index is 0.0607. The SMILES string of the molecule is C[C@H](C(=O)Nc1ccc(S(=O)(=O)NC(=O)C2CC2)cc1)n1ccc2c(F)cccc21. The number of nitrogens with one attached hydrogen (secondary N) is 2. The molecule has 9 heteroatoms. The number of anilines is 1. The number of aromatic nitrogens is 1. The molecule has 1 saturated carbocycles. The summed E-state index contributed by atoms with van der Waals surface area (Å²) >= 11 is 0. The number of benzene rings is 2. The van der Waals surface area contributed by atoms with E-state index >= 15 is 0 Å². The molecular formula is C21H20FN3O4S. The monoisotopic (exact) mass is 429 g/mol. The van der Waals surface area contributed by atoms with E-state index in [9.17, 15) is 22.4 Å². The van der Waals surface area contributed by atoms with Crippen molar-refractivity contribution in [1.82, 2.24) is 9.29 Å². The van der Waals surface area contributed by atoms with Gasteiger partial charge in [0, 0.05) is 23.2 Å². The van der Waals surface area contributed by atoms with Gasteiger partial charge in [-0.2, -0.15) is 0 Å². The average molecular weight is 429 g/mol. The summed E-state index contributed by atoms with van der Waals surface area (Å²) in [5.74, 6) is -1.41. The van der Waals surface area contributed by atoms with Crippen molar-refractivity contribution in [2.45, 2.75) is 30.7 Å². The van der Waals surface area contributed by atoms with E-state index in [4.69, 9.17) is 0 Å². The molecule has 1 aromatic heterocycles. The summed E-state index contributed by atoms with van der Waals surface area (Å²) in [4.78, 5) is 24.3. The van der Waals surface area contributed by atoms with Gasteiger partial charge in [-0.1, -0.05) is 6.07 Å². The Bertz CT molecular complexity index is 1230. The van der Waals surface area contributed by atoms with Crippen LogP contribution >= 0.6 is 0 Å². The predicted molar refractivity (Wildman–Crippen MR) is 110 cm³/mol. The molecule has 0 aliphatic heterocycles. The third-order valence-electron chi connectivity index (χ3n) is 5.12. The molecule has 2 amide bonds. The number of hydrogen-bond acceptors (Lipinski definition) is 4. The Labute approximate surface area is 172 Å². The number of hydrogen-bond donors (Lipinski definition) is 2. The molecule has 0 unspecified atom stereocenters. The van der Waals surface area contributed by atoms with Gasteiger partial charge in [-0.3, -0.25) is 9.59 Å². The predicted octanol–water partition coefficient (Wildman–Crippen LogP) is 3.20. The van der Waals surface area contributed by atoms with Crippen molar-refractivity contribution < 1.29 is 22.4 Å². The Balaban J connectivity index is 1.46.